The molecule has 2 heterocycles. The van der Waals surface area contributed by atoms with E-state index >= 15 is 0 Å². The van der Waals surface area contributed by atoms with Crippen LogP contribution < -0.4 is 10.2 Å². The first-order chi connectivity index (χ1) is 13.6. The van der Waals surface area contributed by atoms with Gasteiger partial charge in [0, 0.05) is 50.0 Å². The lowest BCUT2D eigenvalue weighted by Gasteiger charge is -2.26. The van der Waals surface area contributed by atoms with Crippen molar-refractivity contribution in [1.29, 1.82) is 0 Å². The summed E-state index contributed by atoms with van der Waals surface area (Å²) in [6.45, 7) is 1.46. The smallest absolute Gasteiger partial charge is 0.317 e. The molecule has 4 rings (SSSR count). The number of carbonyl (C=O) groups is 1. The van der Waals surface area contributed by atoms with Gasteiger partial charge in [-0.2, -0.15) is 0 Å². The Hall–Kier alpha value is -2.95. The van der Waals surface area contributed by atoms with Gasteiger partial charge in [0.1, 0.15) is 0 Å². The summed E-state index contributed by atoms with van der Waals surface area (Å²) in [5, 5.41) is 4.36. The summed E-state index contributed by atoms with van der Waals surface area (Å²) in [5.74, 6) is 0. The van der Waals surface area contributed by atoms with E-state index < -0.39 is 0 Å². The Kier molecular flexibility index (Phi) is 5.24. The molecule has 1 atom stereocenters. The quantitative estimate of drug-likeness (QED) is 0.697. The fourth-order valence-corrected chi connectivity index (χ4v) is 4.11. The van der Waals surface area contributed by atoms with Gasteiger partial charge in [-0.25, -0.2) is 4.79 Å². The SMILES string of the molecule is CN(C)c1cccc(C2CCCN2C(=O)NCCc2c[nH]c3ccccc23)c1. The Morgan fingerprint density at radius 1 is 1.21 bits per heavy atom. The van der Waals surface area contributed by atoms with E-state index in [2.05, 4.69) is 57.7 Å². The van der Waals surface area contributed by atoms with E-state index in [1.54, 1.807) is 0 Å². The van der Waals surface area contributed by atoms with Crippen LogP contribution in [0.1, 0.15) is 30.0 Å². The van der Waals surface area contributed by atoms with E-state index in [-0.39, 0.29) is 12.1 Å². The molecule has 5 heteroatoms. The van der Waals surface area contributed by atoms with Crippen LogP contribution in [0, 0.1) is 0 Å². The number of carbonyl (C=O) groups excluding carboxylic acids is 1. The molecule has 5 nitrogen and oxygen atoms in total. The highest BCUT2D eigenvalue weighted by Gasteiger charge is 2.30. The van der Waals surface area contributed by atoms with Crippen LogP contribution in [0.4, 0.5) is 10.5 Å². The van der Waals surface area contributed by atoms with Gasteiger partial charge in [-0.3, -0.25) is 0 Å². The molecule has 1 saturated heterocycles. The fourth-order valence-electron chi connectivity index (χ4n) is 4.11. The number of fused-ring (bicyclic) bond motifs is 1. The maximum atomic E-state index is 12.8. The summed E-state index contributed by atoms with van der Waals surface area (Å²) in [5.41, 5.74) is 4.77. The Morgan fingerprint density at radius 2 is 2.07 bits per heavy atom. The molecule has 2 N–H and O–H groups in total. The summed E-state index contributed by atoms with van der Waals surface area (Å²) in [6, 6.07) is 17.0. The first-order valence-corrected chi connectivity index (χ1v) is 10.0. The van der Waals surface area contributed by atoms with Crippen LogP contribution in [0.3, 0.4) is 0 Å². The average Bonchev–Trinajstić information content (AvgIpc) is 3.35. The third kappa shape index (κ3) is 3.70. The Bertz CT molecular complexity index is 962. The lowest BCUT2D eigenvalue weighted by Crippen LogP contribution is -2.40. The number of nitrogens with zero attached hydrogens (tertiary/aromatic N) is 2. The van der Waals surface area contributed by atoms with Crippen LogP contribution in [0.15, 0.2) is 54.7 Å². The molecule has 1 aliphatic rings. The molecule has 2 amide bonds. The van der Waals surface area contributed by atoms with Crippen molar-refractivity contribution >= 4 is 22.6 Å². The van der Waals surface area contributed by atoms with Gasteiger partial charge in [0.05, 0.1) is 6.04 Å². The summed E-state index contributed by atoms with van der Waals surface area (Å²) < 4.78 is 0. The normalized spacial score (nSPS) is 16.5. The number of rotatable bonds is 5. The standard InChI is InChI=1S/C23H28N4O/c1-26(2)19-8-5-7-17(15-19)22-11-6-14-27(22)23(28)24-13-12-18-16-25-21-10-4-3-9-20(18)21/h3-5,7-10,15-16,22,25H,6,11-14H2,1-2H3,(H,24,28). The van der Waals surface area contributed by atoms with Crippen LogP contribution in [0.25, 0.3) is 10.9 Å². The van der Waals surface area contributed by atoms with Gasteiger partial charge >= 0.3 is 6.03 Å². The van der Waals surface area contributed by atoms with Gasteiger partial charge in [0.25, 0.3) is 0 Å². The lowest BCUT2D eigenvalue weighted by molar-refractivity contribution is 0.193. The molecule has 0 aliphatic carbocycles. The number of likely N-dealkylation sites (tertiary alicyclic amines) is 1. The summed E-state index contributed by atoms with van der Waals surface area (Å²) in [7, 11) is 4.09. The third-order valence-electron chi connectivity index (χ3n) is 5.63. The number of hydrogen-bond donors (Lipinski definition) is 2. The molecule has 1 aliphatic heterocycles. The monoisotopic (exact) mass is 376 g/mol. The number of hydrogen-bond acceptors (Lipinski definition) is 2. The minimum absolute atomic E-state index is 0.0394. The van der Waals surface area contributed by atoms with Crippen molar-refractivity contribution < 1.29 is 4.79 Å². The molecular formula is C23H28N4O. The fraction of sp³-hybridized carbons (Fsp3) is 0.348. The minimum Gasteiger partial charge on any atom is -0.378 e. The number of benzene rings is 2. The molecule has 0 saturated carbocycles. The van der Waals surface area contributed by atoms with E-state index in [9.17, 15) is 4.79 Å². The number of aromatic amines is 1. The van der Waals surface area contributed by atoms with Crippen molar-refractivity contribution in [2.24, 2.45) is 0 Å². The van der Waals surface area contributed by atoms with E-state index in [1.807, 2.05) is 31.3 Å². The van der Waals surface area contributed by atoms with Crippen molar-refractivity contribution in [3.63, 3.8) is 0 Å². The molecule has 2 aromatic carbocycles. The van der Waals surface area contributed by atoms with Gasteiger partial charge in [-0.1, -0.05) is 30.3 Å². The molecule has 0 radical (unpaired) electrons. The Balaban J connectivity index is 1.39. The van der Waals surface area contributed by atoms with E-state index in [4.69, 9.17) is 0 Å². The lowest BCUT2D eigenvalue weighted by atomic mass is 10.0. The predicted molar refractivity (Wildman–Crippen MR) is 115 cm³/mol. The molecule has 28 heavy (non-hydrogen) atoms. The number of amides is 2. The predicted octanol–water partition coefficient (Wildman–Crippen LogP) is 4.32. The van der Waals surface area contributed by atoms with Crippen LogP contribution in [-0.2, 0) is 6.42 Å². The minimum atomic E-state index is 0.0394. The molecule has 146 valence electrons. The van der Waals surface area contributed by atoms with E-state index in [0.29, 0.717) is 6.54 Å². The van der Waals surface area contributed by atoms with Gasteiger partial charge in [-0.05, 0) is 48.6 Å². The van der Waals surface area contributed by atoms with Gasteiger partial charge in [0.2, 0.25) is 0 Å². The van der Waals surface area contributed by atoms with Gasteiger partial charge < -0.3 is 20.1 Å². The summed E-state index contributed by atoms with van der Waals surface area (Å²) in [4.78, 5) is 20.2. The van der Waals surface area contributed by atoms with Crippen molar-refractivity contribution in [2.75, 3.05) is 32.1 Å². The average molecular weight is 377 g/mol. The van der Waals surface area contributed by atoms with Crippen LogP contribution in [0.2, 0.25) is 0 Å². The number of urea groups is 1. The van der Waals surface area contributed by atoms with Gasteiger partial charge in [0.15, 0.2) is 0 Å². The highest BCUT2D eigenvalue weighted by atomic mass is 16.2. The molecule has 0 bridgehead atoms. The topological polar surface area (TPSA) is 51.4 Å². The van der Waals surface area contributed by atoms with Crippen LogP contribution in [0.5, 0.6) is 0 Å². The maximum Gasteiger partial charge on any atom is 0.317 e. The summed E-state index contributed by atoms with van der Waals surface area (Å²) in [6.07, 6.45) is 4.94. The highest BCUT2D eigenvalue weighted by Crippen LogP contribution is 2.33. The molecule has 1 aromatic heterocycles. The second kappa shape index (κ2) is 7.97. The number of para-hydroxylation sites is 1. The number of nitrogens with one attached hydrogen (secondary N) is 2. The zero-order chi connectivity index (χ0) is 19.5. The number of H-pyrrole nitrogens is 1. The van der Waals surface area contributed by atoms with Crippen molar-refractivity contribution in [3.8, 4) is 0 Å². The second-order valence-corrected chi connectivity index (χ2v) is 7.68. The Labute approximate surface area is 166 Å². The molecular weight excluding hydrogens is 348 g/mol. The summed E-state index contributed by atoms with van der Waals surface area (Å²) >= 11 is 0. The van der Waals surface area contributed by atoms with Crippen molar-refractivity contribution in [2.45, 2.75) is 25.3 Å². The number of aromatic nitrogens is 1. The van der Waals surface area contributed by atoms with Crippen molar-refractivity contribution in [3.05, 3.63) is 65.9 Å². The number of anilines is 1. The first kappa shape index (κ1) is 18.4. The largest absolute Gasteiger partial charge is 0.378 e. The molecule has 0 spiro atoms. The van der Waals surface area contributed by atoms with Gasteiger partial charge in [-0.15, -0.1) is 0 Å². The molecule has 3 aromatic rings. The second-order valence-electron chi connectivity index (χ2n) is 7.68. The zero-order valence-corrected chi connectivity index (χ0v) is 16.6. The maximum absolute atomic E-state index is 12.8. The Morgan fingerprint density at radius 3 is 2.93 bits per heavy atom. The molecule has 1 unspecified atom stereocenters. The van der Waals surface area contributed by atoms with Crippen molar-refractivity contribution in [1.82, 2.24) is 15.2 Å². The zero-order valence-electron chi connectivity index (χ0n) is 16.6. The molecule has 1 fully saturated rings. The third-order valence-corrected chi connectivity index (χ3v) is 5.63. The first-order valence-electron chi connectivity index (χ1n) is 10.0. The van der Waals surface area contributed by atoms with Crippen LogP contribution in [-0.4, -0.2) is 43.1 Å². The highest BCUT2D eigenvalue weighted by molar-refractivity contribution is 5.83. The van der Waals surface area contributed by atoms with E-state index in [0.717, 1.165) is 31.3 Å². The van der Waals surface area contributed by atoms with Crippen LogP contribution >= 0.6 is 0 Å². The van der Waals surface area contributed by atoms with E-state index in [1.165, 1.54) is 22.2 Å².